The molecule has 0 saturated heterocycles. The highest BCUT2D eigenvalue weighted by atomic mass is 16.5. The second kappa shape index (κ2) is 4.04. The summed E-state index contributed by atoms with van der Waals surface area (Å²) in [5.41, 5.74) is -0.231. The standard InChI is InChI=1S/C13H16O4/c1-8(14)7-13(2)12(16)5-9-3-4-10(15)6-11(9)17-13/h3-4,6,8,14-15H,5,7H2,1-2H3. The third-order valence-corrected chi connectivity index (χ3v) is 3.01. The maximum Gasteiger partial charge on any atom is 0.180 e. The summed E-state index contributed by atoms with van der Waals surface area (Å²) in [6.45, 7) is 3.30. The van der Waals surface area contributed by atoms with Crippen LogP contribution < -0.4 is 4.74 Å². The van der Waals surface area contributed by atoms with Crippen molar-refractivity contribution < 1.29 is 19.7 Å². The predicted molar refractivity (Wildman–Crippen MR) is 62.1 cm³/mol. The first-order valence-corrected chi connectivity index (χ1v) is 5.63. The Morgan fingerprint density at radius 2 is 2.24 bits per heavy atom. The van der Waals surface area contributed by atoms with E-state index in [0.717, 1.165) is 5.56 Å². The number of hydrogen-bond acceptors (Lipinski definition) is 4. The molecule has 2 N–H and O–H groups in total. The van der Waals surface area contributed by atoms with Crippen molar-refractivity contribution in [1.82, 2.24) is 0 Å². The molecule has 0 aliphatic carbocycles. The number of carbonyl (C=O) groups excluding carboxylic acids is 1. The minimum absolute atomic E-state index is 0.0448. The van der Waals surface area contributed by atoms with Gasteiger partial charge in [-0.25, -0.2) is 0 Å². The Bertz CT molecular complexity index is 453. The molecule has 2 unspecified atom stereocenters. The summed E-state index contributed by atoms with van der Waals surface area (Å²) in [7, 11) is 0. The van der Waals surface area contributed by atoms with Gasteiger partial charge in [0.05, 0.1) is 6.10 Å². The zero-order valence-corrected chi connectivity index (χ0v) is 9.93. The SMILES string of the molecule is CC(O)CC1(C)Oc2cc(O)ccc2CC1=O. The lowest BCUT2D eigenvalue weighted by Gasteiger charge is -2.35. The van der Waals surface area contributed by atoms with E-state index >= 15 is 0 Å². The van der Waals surface area contributed by atoms with Crippen LogP contribution in [-0.2, 0) is 11.2 Å². The fourth-order valence-electron chi connectivity index (χ4n) is 2.16. The Kier molecular flexibility index (Phi) is 2.83. The monoisotopic (exact) mass is 236 g/mol. The van der Waals surface area contributed by atoms with Crippen molar-refractivity contribution in [2.24, 2.45) is 0 Å². The van der Waals surface area contributed by atoms with Crippen LogP contribution in [0.25, 0.3) is 0 Å². The first-order chi connectivity index (χ1) is 7.90. The van der Waals surface area contributed by atoms with Crippen molar-refractivity contribution >= 4 is 5.78 Å². The molecule has 0 bridgehead atoms. The zero-order valence-electron chi connectivity index (χ0n) is 9.93. The molecule has 0 radical (unpaired) electrons. The Morgan fingerprint density at radius 1 is 1.53 bits per heavy atom. The average molecular weight is 236 g/mol. The van der Waals surface area contributed by atoms with Gasteiger partial charge in [0.25, 0.3) is 0 Å². The number of aliphatic hydroxyl groups is 1. The van der Waals surface area contributed by atoms with E-state index in [0.29, 0.717) is 5.75 Å². The summed E-state index contributed by atoms with van der Waals surface area (Å²) in [4.78, 5) is 12.0. The van der Waals surface area contributed by atoms with Gasteiger partial charge >= 0.3 is 0 Å². The number of rotatable bonds is 2. The number of Topliss-reactive ketones (excluding diaryl/α,β-unsaturated/α-hetero) is 1. The average Bonchev–Trinajstić information content (AvgIpc) is 2.19. The maximum atomic E-state index is 12.0. The van der Waals surface area contributed by atoms with Crippen LogP contribution in [0.1, 0.15) is 25.8 Å². The van der Waals surface area contributed by atoms with Gasteiger partial charge in [0.15, 0.2) is 11.4 Å². The Hall–Kier alpha value is -1.55. The van der Waals surface area contributed by atoms with Crippen molar-refractivity contribution in [3.8, 4) is 11.5 Å². The molecule has 1 aliphatic heterocycles. The number of phenols is 1. The van der Waals surface area contributed by atoms with E-state index in [9.17, 15) is 15.0 Å². The van der Waals surface area contributed by atoms with Gasteiger partial charge in [-0.15, -0.1) is 0 Å². The molecule has 17 heavy (non-hydrogen) atoms. The van der Waals surface area contributed by atoms with Crippen LogP contribution in [-0.4, -0.2) is 27.7 Å². The van der Waals surface area contributed by atoms with Gasteiger partial charge < -0.3 is 14.9 Å². The molecule has 2 atom stereocenters. The van der Waals surface area contributed by atoms with Gasteiger partial charge in [-0.1, -0.05) is 6.07 Å². The van der Waals surface area contributed by atoms with Crippen molar-refractivity contribution in [1.29, 1.82) is 0 Å². The van der Waals surface area contributed by atoms with Crippen molar-refractivity contribution in [3.05, 3.63) is 23.8 Å². The topological polar surface area (TPSA) is 66.8 Å². The molecule has 4 nitrogen and oxygen atoms in total. The fraction of sp³-hybridized carbons (Fsp3) is 0.462. The molecule has 92 valence electrons. The molecule has 2 rings (SSSR count). The summed E-state index contributed by atoms with van der Waals surface area (Å²) in [6, 6.07) is 4.72. The van der Waals surface area contributed by atoms with Crippen molar-refractivity contribution in [2.45, 2.75) is 38.4 Å². The first-order valence-electron chi connectivity index (χ1n) is 5.63. The van der Waals surface area contributed by atoms with Gasteiger partial charge in [0.1, 0.15) is 11.5 Å². The highest BCUT2D eigenvalue weighted by molar-refractivity contribution is 5.91. The molecular weight excluding hydrogens is 220 g/mol. The molecule has 1 aromatic carbocycles. The highest BCUT2D eigenvalue weighted by Gasteiger charge is 2.40. The van der Waals surface area contributed by atoms with E-state index in [-0.39, 0.29) is 24.4 Å². The zero-order chi connectivity index (χ0) is 12.6. The molecule has 1 aromatic rings. The highest BCUT2D eigenvalue weighted by Crippen LogP contribution is 2.35. The molecule has 0 fully saturated rings. The third kappa shape index (κ3) is 2.26. The van der Waals surface area contributed by atoms with Gasteiger partial charge in [0.2, 0.25) is 0 Å². The van der Waals surface area contributed by atoms with Gasteiger partial charge in [-0.05, 0) is 19.9 Å². The van der Waals surface area contributed by atoms with Gasteiger partial charge in [-0.3, -0.25) is 4.79 Å². The van der Waals surface area contributed by atoms with Crippen LogP contribution in [0.4, 0.5) is 0 Å². The van der Waals surface area contributed by atoms with Crippen LogP contribution in [0.5, 0.6) is 11.5 Å². The number of hydrogen-bond donors (Lipinski definition) is 2. The minimum atomic E-state index is -1.00. The summed E-state index contributed by atoms with van der Waals surface area (Å²) in [5, 5.41) is 18.8. The number of benzene rings is 1. The minimum Gasteiger partial charge on any atom is -0.508 e. The number of aromatic hydroxyl groups is 1. The molecule has 4 heteroatoms. The third-order valence-electron chi connectivity index (χ3n) is 3.01. The van der Waals surface area contributed by atoms with Crippen molar-refractivity contribution in [2.75, 3.05) is 0 Å². The van der Waals surface area contributed by atoms with E-state index in [2.05, 4.69) is 0 Å². The van der Waals surface area contributed by atoms with Crippen LogP contribution >= 0.6 is 0 Å². The lowest BCUT2D eigenvalue weighted by molar-refractivity contribution is -0.136. The largest absolute Gasteiger partial charge is 0.508 e. The summed E-state index contributed by atoms with van der Waals surface area (Å²) in [6.07, 6.45) is -0.0810. The van der Waals surface area contributed by atoms with E-state index in [4.69, 9.17) is 4.74 Å². The number of ketones is 1. The number of phenolic OH excluding ortho intramolecular Hbond substituents is 1. The number of carbonyl (C=O) groups is 1. The summed E-state index contributed by atoms with van der Waals surface area (Å²) >= 11 is 0. The van der Waals surface area contributed by atoms with E-state index < -0.39 is 11.7 Å². The van der Waals surface area contributed by atoms with E-state index in [1.54, 1.807) is 19.9 Å². The molecule has 1 heterocycles. The molecule has 0 amide bonds. The van der Waals surface area contributed by atoms with Gasteiger partial charge in [0, 0.05) is 24.5 Å². The van der Waals surface area contributed by atoms with E-state index in [1.165, 1.54) is 12.1 Å². The van der Waals surface area contributed by atoms with Crippen LogP contribution in [0.2, 0.25) is 0 Å². The predicted octanol–water partition coefficient (Wildman–Crippen LogP) is 1.43. The smallest absolute Gasteiger partial charge is 0.180 e. The van der Waals surface area contributed by atoms with Crippen LogP contribution in [0.15, 0.2) is 18.2 Å². The number of ether oxygens (including phenoxy) is 1. The Morgan fingerprint density at radius 3 is 2.88 bits per heavy atom. The fourth-order valence-corrected chi connectivity index (χ4v) is 2.16. The molecular formula is C13H16O4. The quantitative estimate of drug-likeness (QED) is 0.815. The molecule has 0 aromatic heterocycles. The number of aliphatic hydroxyl groups excluding tert-OH is 1. The Labute approximate surface area is 99.8 Å². The lowest BCUT2D eigenvalue weighted by Crippen LogP contribution is -2.47. The van der Waals surface area contributed by atoms with E-state index in [1.807, 2.05) is 0 Å². The van der Waals surface area contributed by atoms with Crippen LogP contribution in [0, 0.1) is 0 Å². The Balaban J connectivity index is 2.34. The summed E-state index contributed by atoms with van der Waals surface area (Å²) in [5.74, 6) is 0.585. The lowest BCUT2D eigenvalue weighted by atomic mass is 9.87. The number of fused-ring (bicyclic) bond motifs is 1. The molecule has 0 saturated carbocycles. The molecule has 0 spiro atoms. The van der Waals surface area contributed by atoms with Gasteiger partial charge in [-0.2, -0.15) is 0 Å². The molecule has 1 aliphatic rings. The van der Waals surface area contributed by atoms with Crippen LogP contribution in [0.3, 0.4) is 0 Å². The maximum absolute atomic E-state index is 12.0. The second-order valence-corrected chi connectivity index (χ2v) is 4.78. The second-order valence-electron chi connectivity index (χ2n) is 4.78. The normalized spacial score (nSPS) is 25.0. The summed E-state index contributed by atoms with van der Waals surface area (Å²) < 4.78 is 5.65. The van der Waals surface area contributed by atoms with Crippen molar-refractivity contribution in [3.63, 3.8) is 0 Å². The first kappa shape index (κ1) is 11.9.